The van der Waals surface area contributed by atoms with Crippen LogP contribution in [0.2, 0.25) is 0 Å². The van der Waals surface area contributed by atoms with Gasteiger partial charge in [0.15, 0.2) is 0 Å². The van der Waals surface area contributed by atoms with Crippen molar-refractivity contribution in [2.45, 2.75) is 70.9 Å². The first kappa shape index (κ1) is 30.2. The van der Waals surface area contributed by atoms with E-state index in [1.54, 1.807) is 6.07 Å². The highest BCUT2D eigenvalue weighted by Crippen LogP contribution is 2.26. The summed E-state index contributed by atoms with van der Waals surface area (Å²) in [5, 5.41) is 3.78. The van der Waals surface area contributed by atoms with Crippen molar-refractivity contribution < 1.29 is 23.9 Å². The van der Waals surface area contributed by atoms with Gasteiger partial charge in [-0.3, -0.25) is 4.79 Å². The van der Waals surface area contributed by atoms with Crippen molar-refractivity contribution in [3.05, 3.63) is 65.4 Å². The van der Waals surface area contributed by atoms with Gasteiger partial charge < -0.3 is 25.5 Å². The van der Waals surface area contributed by atoms with Crippen LogP contribution >= 0.6 is 12.4 Å². The van der Waals surface area contributed by atoms with E-state index in [4.69, 9.17) is 15.2 Å². The van der Waals surface area contributed by atoms with E-state index in [9.17, 15) is 14.4 Å². The zero-order valence-corrected chi connectivity index (χ0v) is 23.4. The molecule has 0 fully saturated rings. The van der Waals surface area contributed by atoms with Crippen molar-refractivity contribution in [2.24, 2.45) is 11.7 Å². The molecule has 210 valence electrons. The van der Waals surface area contributed by atoms with E-state index >= 15 is 0 Å². The molecule has 2 aromatic carbocycles. The molecule has 1 amide bonds. The summed E-state index contributed by atoms with van der Waals surface area (Å²) in [4.78, 5) is 41.4. The van der Waals surface area contributed by atoms with Gasteiger partial charge in [0, 0.05) is 29.9 Å². The van der Waals surface area contributed by atoms with Gasteiger partial charge in [0.25, 0.3) is 0 Å². The fourth-order valence-electron chi connectivity index (χ4n) is 4.68. The lowest BCUT2D eigenvalue weighted by molar-refractivity contribution is -0.148. The van der Waals surface area contributed by atoms with Gasteiger partial charge in [-0.15, -0.1) is 12.4 Å². The molecule has 4 rings (SSSR count). The Balaban J connectivity index is 0.00000420. The molecule has 4 N–H and O–H groups in total. The van der Waals surface area contributed by atoms with E-state index in [1.165, 1.54) is 11.1 Å². The molecule has 8 nitrogen and oxygen atoms in total. The number of nitrogens with one attached hydrogen (secondary N) is 2. The highest BCUT2D eigenvalue weighted by atomic mass is 35.5. The smallest absolute Gasteiger partial charge is 0.328 e. The number of hydrogen-bond acceptors (Lipinski definition) is 6. The van der Waals surface area contributed by atoms with Crippen LogP contribution in [0.3, 0.4) is 0 Å². The quantitative estimate of drug-likeness (QED) is 0.225. The maximum Gasteiger partial charge on any atom is 0.328 e. The van der Waals surface area contributed by atoms with Crippen LogP contribution < -0.4 is 15.8 Å². The first-order valence-electron chi connectivity index (χ1n) is 13.4. The zero-order chi connectivity index (χ0) is 27.1. The predicted octanol–water partition coefficient (Wildman–Crippen LogP) is 4.41. The lowest BCUT2D eigenvalue weighted by Crippen LogP contribution is -2.44. The molecule has 2 atom stereocenters. The van der Waals surface area contributed by atoms with Crippen LogP contribution in [0.5, 0.6) is 5.75 Å². The lowest BCUT2D eigenvalue weighted by atomic mass is 10.0. The number of amides is 1. The molecule has 1 aromatic heterocycles. The second kappa shape index (κ2) is 14.1. The van der Waals surface area contributed by atoms with Gasteiger partial charge in [0.2, 0.25) is 5.91 Å². The van der Waals surface area contributed by atoms with Gasteiger partial charge >= 0.3 is 11.9 Å². The van der Waals surface area contributed by atoms with E-state index in [1.807, 2.05) is 42.6 Å². The summed E-state index contributed by atoms with van der Waals surface area (Å²) in [6, 6.07) is 11.6. The van der Waals surface area contributed by atoms with E-state index in [0.717, 1.165) is 42.1 Å². The molecule has 0 bridgehead atoms. The Morgan fingerprint density at radius 3 is 2.59 bits per heavy atom. The number of rotatable bonds is 12. The summed E-state index contributed by atoms with van der Waals surface area (Å²) in [7, 11) is 0. The van der Waals surface area contributed by atoms with Crippen molar-refractivity contribution >= 4 is 41.2 Å². The standard InChI is InChI=1S/C30H37N3O5.ClH/c1-19(2)14-15-37-30(36)27(17-22-18-32-26-9-4-3-8-24(22)26)33-28(34)13-12-25(31)29(35)38-23-11-10-20-6-5-7-21(20)16-23;/h3-4,8-11,16,18-19,25,27,32H,5-7,12-15,17,31H2,1-2H3,(H,33,34);1H. The topological polar surface area (TPSA) is 124 Å². The van der Waals surface area contributed by atoms with Crippen LogP contribution in [0.4, 0.5) is 0 Å². The number of benzene rings is 2. The Hall–Kier alpha value is -3.36. The van der Waals surface area contributed by atoms with Crippen molar-refractivity contribution in [1.82, 2.24) is 10.3 Å². The number of H-pyrrole nitrogens is 1. The van der Waals surface area contributed by atoms with Crippen LogP contribution in [-0.2, 0) is 38.4 Å². The van der Waals surface area contributed by atoms with Gasteiger partial charge in [-0.2, -0.15) is 0 Å². The largest absolute Gasteiger partial charge is 0.464 e. The second-order valence-electron chi connectivity index (χ2n) is 10.4. The van der Waals surface area contributed by atoms with Crippen molar-refractivity contribution in [3.63, 3.8) is 0 Å². The third-order valence-electron chi connectivity index (χ3n) is 6.93. The summed E-state index contributed by atoms with van der Waals surface area (Å²) in [5.74, 6) is -0.582. The van der Waals surface area contributed by atoms with E-state index < -0.39 is 24.0 Å². The average Bonchev–Trinajstić information content (AvgIpc) is 3.53. The molecule has 1 aliphatic rings. The zero-order valence-electron chi connectivity index (χ0n) is 22.5. The van der Waals surface area contributed by atoms with Crippen LogP contribution in [-0.4, -0.2) is 41.5 Å². The fourth-order valence-corrected chi connectivity index (χ4v) is 4.68. The fraction of sp³-hybridized carbons (Fsp3) is 0.433. The minimum absolute atomic E-state index is 0. The van der Waals surface area contributed by atoms with Crippen molar-refractivity contribution in [2.75, 3.05) is 6.61 Å². The molecular formula is C30H38ClN3O5. The average molecular weight is 556 g/mol. The number of aryl methyl sites for hydroxylation is 2. The summed E-state index contributed by atoms with van der Waals surface area (Å²) < 4.78 is 10.9. The SMILES string of the molecule is CC(C)CCOC(=O)C(Cc1c[nH]c2ccccc12)NC(=O)CCC(N)C(=O)Oc1ccc2c(c1)CCC2.Cl. The number of aromatic nitrogens is 1. The van der Waals surface area contributed by atoms with Gasteiger partial charge in [-0.1, -0.05) is 38.1 Å². The Labute approximate surface area is 235 Å². The first-order valence-corrected chi connectivity index (χ1v) is 13.4. The molecule has 3 aromatic rings. The molecule has 2 unspecified atom stereocenters. The molecule has 0 saturated carbocycles. The van der Waals surface area contributed by atoms with Crippen LogP contribution in [0.1, 0.15) is 56.2 Å². The van der Waals surface area contributed by atoms with Crippen molar-refractivity contribution in [1.29, 1.82) is 0 Å². The molecule has 0 spiro atoms. The van der Waals surface area contributed by atoms with Crippen LogP contribution in [0.25, 0.3) is 10.9 Å². The highest BCUT2D eigenvalue weighted by molar-refractivity contribution is 5.88. The van der Waals surface area contributed by atoms with E-state index in [-0.39, 0.29) is 44.2 Å². The number of aromatic amines is 1. The number of ether oxygens (including phenoxy) is 2. The van der Waals surface area contributed by atoms with Gasteiger partial charge in [0.05, 0.1) is 6.61 Å². The van der Waals surface area contributed by atoms with Gasteiger partial charge in [-0.05, 0) is 72.9 Å². The Kier molecular flexibility index (Phi) is 10.9. The summed E-state index contributed by atoms with van der Waals surface area (Å²) >= 11 is 0. The molecule has 1 heterocycles. The molecule has 9 heteroatoms. The Morgan fingerprint density at radius 2 is 1.79 bits per heavy atom. The second-order valence-corrected chi connectivity index (χ2v) is 10.4. The molecule has 0 aliphatic heterocycles. The summed E-state index contributed by atoms with van der Waals surface area (Å²) in [5.41, 5.74) is 10.4. The number of fused-ring (bicyclic) bond motifs is 2. The number of para-hydroxylation sites is 1. The molecule has 1 aliphatic carbocycles. The van der Waals surface area contributed by atoms with Crippen molar-refractivity contribution in [3.8, 4) is 5.75 Å². The number of nitrogens with two attached hydrogens (primary N) is 1. The third-order valence-corrected chi connectivity index (χ3v) is 6.93. The lowest BCUT2D eigenvalue weighted by Gasteiger charge is -2.19. The Morgan fingerprint density at radius 1 is 1.03 bits per heavy atom. The maximum absolute atomic E-state index is 12.9. The maximum atomic E-state index is 12.9. The predicted molar refractivity (Wildman–Crippen MR) is 153 cm³/mol. The normalized spacial score (nSPS) is 13.8. The number of carbonyl (C=O) groups excluding carboxylic acids is 3. The number of esters is 2. The van der Waals surface area contributed by atoms with E-state index in [2.05, 4.69) is 24.1 Å². The highest BCUT2D eigenvalue weighted by Gasteiger charge is 2.25. The summed E-state index contributed by atoms with van der Waals surface area (Å²) in [6.45, 7) is 4.39. The van der Waals surface area contributed by atoms with Gasteiger partial charge in [0.1, 0.15) is 17.8 Å². The third kappa shape index (κ3) is 8.31. The van der Waals surface area contributed by atoms with Crippen LogP contribution in [0.15, 0.2) is 48.7 Å². The minimum Gasteiger partial charge on any atom is -0.464 e. The molecule has 0 radical (unpaired) electrons. The van der Waals surface area contributed by atoms with Crippen LogP contribution in [0, 0.1) is 5.92 Å². The first-order chi connectivity index (χ1) is 18.3. The molecular weight excluding hydrogens is 518 g/mol. The molecule has 0 saturated heterocycles. The Bertz CT molecular complexity index is 1290. The minimum atomic E-state index is -0.959. The van der Waals surface area contributed by atoms with Gasteiger partial charge in [-0.25, -0.2) is 9.59 Å². The number of carbonyl (C=O) groups is 3. The van der Waals surface area contributed by atoms with E-state index in [0.29, 0.717) is 11.7 Å². The number of hydrogen-bond donors (Lipinski definition) is 3. The summed E-state index contributed by atoms with van der Waals surface area (Å²) in [6.07, 6.45) is 6.06. The monoisotopic (exact) mass is 555 g/mol. The molecule has 39 heavy (non-hydrogen) atoms. The number of halogens is 1.